The largest absolute Gasteiger partial charge is 0.368 e. The van der Waals surface area contributed by atoms with Crippen molar-refractivity contribution >= 4 is 16.0 Å². The Morgan fingerprint density at radius 1 is 1.38 bits per heavy atom. The number of hydrogen-bond donors (Lipinski definition) is 1. The van der Waals surface area contributed by atoms with Gasteiger partial charge in [-0.05, 0) is 13.8 Å². The lowest BCUT2D eigenvalue weighted by molar-refractivity contribution is 0.369. The summed E-state index contributed by atoms with van der Waals surface area (Å²) in [6.07, 6.45) is 2.45. The van der Waals surface area contributed by atoms with Crippen LogP contribution in [0, 0.1) is 0 Å². The number of nitrogens with zero attached hydrogens (tertiary/aromatic N) is 3. The monoisotopic (exact) mass is 244 g/mol. The van der Waals surface area contributed by atoms with E-state index in [0.717, 1.165) is 0 Å². The highest BCUT2D eigenvalue weighted by molar-refractivity contribution is 7.89. The van der Waals surface area contributed by atoms with Gasteiger partial charge in [-0.3, -0.25) is 0 Å². The van der Waals surface area contributed by atoms with Crippen molar-refractivity contribution in [2.24, 2.45) is 0 Å². The zero-order valence-electron chi connectivity index (χ0n) is 9.58. The summed E-state index contributed by atoms with van der Waals surface area (Å²) in [6, 6.07) is -0.104. The molecule has 0 fully saturated rings. The summed E-state index contributed by atoms with van der Waals surface area (Å²) in [5.74, 6) is 0.0616. The molecule has 1 rings (SSSR count). The van der Waals surface area contributed by atoms with E-state index in [1.807, 2.05) is 13.8 Å². The number of sulfonamides is 1. The first-order chi connectivity index (χ1) is 7.39. The minimum absolute atomic E-state index is 0.0616. The van der Waals surface area contributed by atoms with E-state index in [1.165, 1.54) is 16.7 Å². The van der Waals surface area contributed by atoms with E-state index in [2.05, 4.69) is 9.97 Å². The third-order valence-electron chi connectivity index (χ3n) is 2.14. The van der Waals surface area contributed by atoms with Crippen LogP contribution in [-0.2, 0) is 10.0 Å². The molecular weight excluding hydrogens is 228 g/mol. The van der Waals surface area contributed by atoms with Crippen LogP contribution in [0.1, 0.15) is 20.8 Å². The van der Waals surface area contributed by atoms with E-state index in [9.17, 15) is 8.42 Å². The quantitative estimate of drug-likeness (QED) is 0.832. The van der Waals surface area contributed by atoms with Crippen LogP contribution in [-0.4, -0.2) is 35.3 Å². The van der Waals surface area contributed by atoms with Crippen LogP contribution >= 0.6 is 0 Å². The number of anilines is 1. The van der Waals surface area contributed by atoms with Crippen LogP contribution in [0.5, 0.6) is 0 Å². The van der Waals surface area contributed by atoms with Crippen molar-refractivity contribution in [1.29, 1.82) is 0 Å². The maximum Gasteiger partial charge on any atom is 0.246 e. The molecule has 0 aliphatic carbocycles. The van der Waals surface area contributed by atoms with Gasteiger partial charge in [0.25, 0.3) is 0 Å². The first-order valence-electron chi connectivity index (χ1n) is 4.99. The second-order valence-electron chi connectivity index (χ2n) is 3.58. The zero-order valence-corrected chi connectivity index (χ0v) is 10.4. The van der Waals surface area contributed by atoms with Crippen LogP contribution in [0.25, 0.3) is 0 Å². The zero-order chi connectivity index (χ0) is 12.3. The van der Waals surface area contributed by atoms with Gasteiger partial charge in [0.2, 0.25) is 16.0 Å². The Bertz CT molecular complexity index is 441. The molecule has 0 saturated heterocycles. The van der Waals surface area contributed by atoms with E-state index in [-0.39, 0.29) is 16.9 Å². The molecule has 0 bridgehead atoms. The van der Waals surface area contributed by atoms with Gasteiger partial charge in [-0.25, -0.2) is 18.4 Å². The van der Waals surface area contributed by atoms with E-state index in [0.29, 0.717) is 6.54 Å². The van der Waals surface area contributed by atoms with Gasteiger partial charge in [0, 0.05) is 12.6 Å². The van der Waals surface area contributed by atoms with Crippen molar-refractivity contribution in [2.75, 3.05) is 12.3 Å². The topological polar surface area (TPSA) is 89.2 Å². The fourth-order valence-electron chi connectivity index (χ4n) is 1.41. The third-order valence-corrected chi connectivity index (χ3v) is 4.25. The fraction of sp³-hybridized carbons (Fsp3) is 0.556. The molecule has 1 aromatic heterocycles. The summed E-state index contributed by atoms with van der Waals surface area (Å²) in [7, 11) is -3.51. The van der Waals surface area contributed by atoms with Gasteiger partial charge in [-0.2, -0.15) is 4.31 Å². The van der Waals surface area contributed by atoms with Crippen LogP contribution in [0.2, 0.25) is 0 Å². The van der Waals surface area contributed by atoms with Crippen LogP contribution in [0.4, 0.5) is 5.95 Å². The minimum atomic E-state index is -3.51. The van der Waals surface area contributed by atoms with Gasteiger partial charge >= 0.3 is 0 Å². The van der Waals surface area contributed by atoms with E-state index < -0.39 is 10.0 Å². The molecule has 1 aromatic rings. The van der Waals surface area contributed by atoms with E-state index in [1.54, 1.807) is 6.92 Å². The lowest BCUT2D eigenvalue weighted by atomic mass is 10.4. The molecule has 0 unspecified atom stereocenters. The van der Waals surface area contributed by atoms with Gasteiger partial charge in [-0.15, -0.1) is 0 Å². The van der Waals surface area contributed by atoms with Gasteiger partial charge in [-0.1, -0.05) is 6.92 Å². The molecular formula is C9H16N4O2S. The molecule has 0 aliphatic heterocycles. The summed E-state index contributed by atoms with van der Waals surface area (Å²) in [5.41, 5.74) is 5.31. The number of nitrogen functional groups attached to an aromatic ring is 1. The summed E-state index contributed by atoms with van der Waals surface area (Å²) in [5, 5.41) is 0. The Morgan fingerprint density at radius 3 is 2.25 bits per heavy atom. The SMILES string of the molecule is CCN(C(C)C)S(=O)(=O)c1cnc(N)nc1. The molecule has 1 heterocycles. The normalized spacial score (nSPS) is 12.3. The molecule has 0 amide bonds. The highest BCUT2D eigenvalue weighted by Crippen LogP contribution is 2.16. The van der Waals surface area contributed by atoms with Gasteiger partial charge in [0.1, 0.15) is 4.90 Å². The van der Waals surface area contributed by atoms with Gasteiger partial charge in [0.05, 0.1) is 12.4 Å². The number of rotatable bonds is 4. The molecule has 0 saturated carbocycles. The van der Waals surface area contributed by atoms with E-state index >= 15 is 0 Å². The van der Waals surface area contributed by atoms with Crippen molar-refractivity contribution in [3.05, 3.63) is 12.4 Å². The molecule has 0 radical (unpaired) electrons. The summed E-state index contributed by atoms with van der Waals surface area (Å²) >= 11 is 0. The Morgan fingerprint density at radius 2 is 1.88 bits per heavy atom. The Kier molecular flexibility index (Phi) is 3.82. The Labute approximate surface area is 95.6 Å². The minimum Gasteiger partial charge on any atom is -0.368 e. The Balaban J connectivity index is 3.15. The van der Waals surface area contributed by atoms with Crippen LogP contribution < -0.4 is 5.73 Å². The van der Waals surface area contributed by atoms with E-state index in [4.69, 9.17) is 5.73 Å². The molecule has 0 aromatic carbocycles. The third kappa shape index (κ3) is 2.48. The van der Waals surface area contributed by atoms with Crippen LogP contribution in [0.3, 0.4) is 0 Å². The fourth-order valence-corrected chi connectivity index (χ4v) is 2.95. The highest BCUT2D eigenvalue weighted by Gasteiger charge is 2.25. The summed E-state index contributed by atoms with van der Waals surface area (Å²) in [6.45, 7) is 5.83. The van der Waals surface area contributed by atoms with Crippen molar-refractivity contribution in [2.45, 2.75) is 31.7 Å². The Hall–Kier alpha value is -1.21. The standard InChI is InChI=1S/C9H16N4O2S/c1-4-13(7(2)3)16(14,15)8-5-11-9(10)12-6-8/h5-7H,4H2,1-3H3,(H2,10,11,12). The molecule has 90 valence electrons. The second-order valence-corrected chi connectivity index (χ2v) is 5.47. The molecule has 0 aliphatic rings. The van der Waals surface area contributed by atoms with Gasteiger partial charge in [0.15, 0.2) is 0 Å². The number of hydrogen-bond acceptors (Lipinski definition) is 5. The van der Waals surface area contributed by atoms with Crippen molar-refractivity contribution < 1.29 is 8.42 Å². The predicted molar refractivity (Wildman–Crippen MR) is 61.1 cm³/mol. The lowest BCUT2D eigenvalue weighted by Gasteiger charge is -2.23. The molecule has 16 heavy (non-hydrogen) atoms. The summed E-state index contributed by atoms with van der Waals surface area (Å²) < 4.78 is 25.6. The maximum absolute atomic E-state index is 12.1. The predicted octanol–water partition coefficient (Wildman–Crippen LogP) is 0.478. The molecule has 0 spiro atoms. The van der Waals surface area contributed by atoms with Crippen molar-refractivity contribution in [3.8, 4) is 0 Å². The molecule has 6 nitrogen and oxygen atoms in total. The average molecular weight is 244 g/mol. The number of aromatic nitrogens is 2. The molecule has 7 heteroatoms. The highest BCUT2D eigenvalue weighted by atomic mass is 32.2. The van der Waals surface area contributed by atoms with Crippen LogP contribution in [0.15, 0.2) is 17.3 Å². The average Bonchev–Trinajstić information content (AvgIpc) is 2.18. The first kappa shape index (κ1) is 12.9. The van der Waals surface area contributed by atoms with Crippen molar-refractivity contribution in [1.82, 2.24) is 14.3 Å². The molecule has 2 N–H and O–H groups in total. The smallest absolute Gasteiger partial charge is 0.246 e. The first-order valence-corrected chi connectivity index (χ1v) is 6.43. The van der Waals surface area contributed by atoms with Gasteiger partial charge < -0.3 is 5.73 Å². The summed E-state index contributed by atoms with van der Waals surface area (Å²) in [4.78, 5) is 7.43. The number of nitrogens with two attached hydrogens (primary N) is 1. The maximum atomic E-state index is 12.1. The second kappa shape index (κ2) is 4.75. The van der Waals surface area contributed by atoms with Crippen molar-refractivity contribution in [3.63, 3.8) is 0 Å². The lowest BCUT2D eigenvalue weighted by Crippen LogP contribution is -2.36. The molecule has 0 atom stereocenters.